The van der Waals surface area contributed by atoms with Crippen LogP contribution in [0.25, 0.3) is 0 Å². The lowest BCUT2D eigenvalue weighted by Gasteiger charge is -2.23. The molecule has 0 aliphatic heterocycles. The molecule has 0 fully saturated rings. The van der Waals surface area contributed by atoms with Gasteiger partial charge in [-0.05, 0) is 22.6 Å². The van der Waals surface area contributed by atoms with Gasteiger partial charge in [0.1, 0.15) is 18.4 Å². The Morgan fingerprint density at radius 3 is 2.43 bits per heavy atom. The van der Waals surface area contributed by atoms with Gasteiger partial charge in [0.15, 0.2) is 5.71 Å². The van der Waals surface area contributed by atoms with E-state index in [-0.39, 0.29) is 11.1 Å². The van der Waals surface area contributed by atoms with E-state index in [4.69, 9.17) is 15.2 Å². The zero-order valence-electron chi connectivity index (χ0n) is 13.6. The molecular formula is C19H20N2O2. The zero-order valence-corrected chi connectivity index (χ0v) is 13.6. The number of rotatable bonds is 4. The van der Waals surface area contributed by atoms with Crippen LogP contribution in [0.4, 0.5) is 0 Å². The van der Waals surface area contributed by atoms with Crippen LogP contribution in [-0.2, 0) is 12.0 Å². The number of ether oxygens (including phenoxy) is 1. The molecule has 4 nitrogen and oxygen atoms in total. The quantitative estimate of drug-likeness (QED) is 0.521. The molecule has 2 rings (SSSR count). The average molecular weight is 308 g/mol. The summed E-state index contributed by atoms with van der Waals surface area (Å²) in [5, 5.41) is 21.1. The van der Waals surface area contributed by atoms with E-state index in [1.165, 1.54) is 0 Å². The van der Waals surface area contributed by atoms with E-state index in [1.54, 1.807) is 12.1 Å². The Kier molecular flexibility index (Phi) is 5.02. The van der Waals surface area contributed by atoms with Crippen molar-refractivity contribution in [2.45, 2.75) is 32.8 Å². The maximum Gasteiger partial charge on any atom is 0.187 e. The molecule has 0 aromatic heterocycles. The van der Waals surface area contributed by atoms with Crippen LogP contribution in [0.3, 0.4) is 0 Å². The SMILES string of the molecule is CC(C)(C)c1ccccc1OCc1ccccc1C(C#N)=NO. The molecule has 0 bridgehead atoms. The molecule has 4 heteroatoms. The summed E-state index contributed by atoms with van der Waals surface area (Å²) >= 11 is 0. The van der Waals surface area contributed by atoms with E-state index in [1.807, 2.05) is 36.4 Å². The normalized spacial score (nSPS) is 11.8. The van der Waals surface area contributed by atoms with Gasteiger partial charge in [0.2, 0.25) is 0 Å². The largest absolute Gasteiger partial charge is 0.489 e. The Balaban J connectivity index is 2.29. The smallest absolute Gasteiger partial charge is 0.187 e. The Labute approximate surface area is 136 Å². The number of hydrogen-bond acceptors (Lipinski definition) is 4. The van der Waals surface area contributed by atoms with Crippen molar-refractivity contribution in [1.29, 1.82) is 5.26 Å². The third-order valence-corrected chi connectivity index (χ3v) is 3.56. The van der Waals surface area contributed by atoms with Gasteiger partial charge in [0, 0.05) is 5.56 Å². The number of benzene rings is 2. The predicted molar refractivity (Wildman–Crippen MR) is 89.9 cm³/mol. The monoisotopic (exact) mass is 308 g/mol. The topological polar surface area (TPSA) is 65.6 Å². The van der Waals surface area contributed by atoms with E-state index >= 15 is 0 Å². The van der Waals surface area contributed by atoms with Crippen molar-refractivity contribution in [2.24, 2.45) is 5.16 Å². The fraction of sp³-hybridized carbons (Fsp3) is 0.263. The molecule has 23 heavy (non-hydrogen) atoms. The van der Waals surface area contributed by atoms with E-state index in [2.05, 4.69) is 32.0 Å². The van der Waals surface area contributed by atoms with Crippen molar-refractivity contribution in [1.82, 2.24) is 0 Å². The molecule has 1 N–H and O–H groups in total. The minimum Gasteiger partial charge on any atom is -0.489 e. The van der Waals surface area contributed by atoms with Crippen LogP contribution in [0, 0.1) is 11.3 Å². The summed E-state index contributed by atoms with van der Waals surface area (Å²) in [6.45, 7) is 6.70. The highest BCUT2D eigenvalue weighted by atomic mass is 16.5. The lowest BCUT2D eigenvalue weighted by atomic mass is 9.86. The third-order valence-electron chi connectivity index (χ3n) is 3.56. The van der Waals surface area contributed by atoms with Crippen LogP contribution in [0.5, 0.6) is 5.75 Å². The Morgan fingerprint density at radius 2 is 1.78 bits per heavy atom. The second-order valence-corrected chi connectivity index (χ2v) is 6.25. The molecule has 2 aromatic carbocycles. The second-order valence-electron chi connectivity index (χ2n) is 6.25. The fourth-order valence-corrected chi connectivity index (χ4v) is 2.38. The molecule has 0 saturated heterocycles. The third kappa shape index (κ3) is 3.89. The highest BCUT2D eigenvalue weighted by molar-refractivity contribution is 6.12. The summed E-state index contributed by atoms with van der Waals surface area (Å²) in [5.41, 5.74) is 2.44. The molecule has 0 spiro atoms. The van der Waals surface area contributed by atoms with Gasteiger partial charge in [0.05, 0.1) is 0 Å². The number of para-hydroxylation sites is 1. The Hall–Kier alpha value is -2.80. The van der Waals surface area contributed by atoms with Crippen molar-refractivity contribution in [3.63, 3.8) is 0 Å². The zero-order chi connectivity index (χ0) is 16.9. The van der Waals surface area contributed by atoms with Gasteiger partial charge in [-0.2, -0.15) is 5.26 Å². The van der Waals surface area contributed by atoms with Crippen molar-refractivity contribution in [3.05, 3.63) is 65.2 Å². The molecule has 0 aliphatic rings. The second kappa shape index (κ2) is 6.97. The van der Waals surface area contributed by atoms with Gasteiger partial charge < -0.3 is 9.94 Å². The van der Waals surface area contributed by atoms with Gasteiger partial charge in [-0.3, -0.25) is 0 Å². The molecule has 0 aliphatic carbocycles. The predicted octanol–water partition coefficient (Wildman–Crippen LogP) is 4.26. The summed E-state index contributed by atoms with van der Waals surface area (Å²) in [4.78, 5) is 0. The molecule has 0 saturated carbocycles. The number of nitriles is 1. The van der Waals surface area contributed by atoms with E-state index in [0.29, 0.717) is 12.2 Å². The summed E-state index contributed by atoms with van der Waals surface area (Å²) in [6.07, 6.45) is 0. The molecule has 0 unspecified atom stereocenters. The lowest BCUT2D eigenvalue weighted by molar-refractivity contribution is 0.297. The van der Waals surface area contributed by atoms with Crippen LogP contribution in [0.1, 0.15) is 37.5 Å². The number of oxime groups is 1. The summed E-state index contributed by atoms with van der Waals surface area (Å²) < 4.78 is 5.98. The Bertz CT molecular complexity index is 752. The minimum atomic E-state index is -0.0273. The van der Waals surface area contributed by atoms with Crippen LogP contribution < -0.4 is 4.74 Å². The summed E-state index contributed by atoms with van der Waals surface area (Å²) in [5.74, 6) is 0.814. The van der Waals surface area contributed by atoms with Crippen LogP contribution in [0.2, 0.25) is 0 Å². The van der Waals surface area contributed by atoms with Gasteiger partial charge in [-0.25, -0.2) is 0 Å². The Morgan fingerprint density at radius 1 is 1.13 bits per heavy atom. The molecule has 0 heterocycles. The highest BCUT2D eigenvalue weighted by Crippen LogP contribution is 2.31. The summed E-state index contributed by atoms with van der Waals surface area (Å²) in [6, 6.07) is 17.1. The first-order valence-corrected chi connectivity index (χ1v) is 7.40. The van der Waals surface area contributed by atoms with Gasteiger partial charge in [-0.15, -0.1) is 0 Å². The van der Waals surface area contributed by atoms with Gasteiger partial charge in [-0.1, -0.05) is 68.4 Å². The average Bonchev–Trinajstić information content (AvgIpc) is 2.54. The molecule has 2 aromatic rings. The maximum absolute atomic E-state index is 9.06. The summed E-state index contributed by atoms with van der Waals surface area (Å²) in [7, 11) is 0. The van der Waals surface area contributed by atoms with E-state index in [9.17, 15) is 0 Å². The van der Waals surface area contributed by atoms with Gasteiger partial charge in [0.25, 0.3) is 0 Å². The molecular weight excluding hydrogens is 288 g/mol. The highest BCUT2D eigenvalue weighted by Gasteiger charge is 2.19. The lowest BCUT2D eigenvalue weighted by Crippen LogP contribution is -2.14. The molecule has 0 radical (unpaired) electrons. The molecule has 0 atom stereocenters. The number of nitrogens with zero attached hydrogens (tertiary/aromatic N) is 2. The van der Waals surface area contributed by atoms with Crippen LogP contribution >= 0.6 is 0 Å². The van der Waals surface area contributed by atoms with Crippen LogP contribution in [-0.4, -0.2) is 10.9 Å². The first-order chi connectivity index (χ1) is 11.0. The first kappa shape index (κ1) is 16.6. The van der Waals surface area contributed by atoms with Crippen molar-refractivity contribution >= 4 is 5.71 Å². The number of hydrogen-bond donors (Lipinski definition) is 1. The van der Waals surface area contributed by atoms with E-state index in [0.717, 1.165) is 16.9 Å². The maximum atomic E-state index is 9.06. The molecule has 0 amide bonds. The standard InChI is InChI=1S/C19H20N2O2/c1-19(2,3)16-10-6-7-11-18(16)23-13-14-8-4-5-9-15(14)17(12-20)21-22/h4-11,22H,13H2,1-3H3. The van der Waals surface area contributed by atoms with E-state index < -0.39 is 0 Å². The first-order valence-electron chi connectivity index (χ1n) is 7.40. The molecule has 118 valence electrons. The van der Waals surface area contributed by atoms with Crippen molar-refractivity contribution in [2.75, 3.05) is 0 Å². The van der Waals surface area contributed by atoms with Gasteiger partial charge >= 0.3 is 0 Å². The van der Waals surface area contributed by atoms with Crippen molar-refractivity contribution in [3.8, 4) is 11.8 Å². The van der Waals surface area contributed by atoms with Crippen molar-refractivity contribution < 1.29 is 9.94 Å². The fourth-order valence-electron chi connectivity index (χ4n) is 2.38. The van der Waals surface area contributed by atoms with Crippen LogP contribution in [0.15, 0.2) is 53.7 Å². The minimum absolute atomic E-state index is 0.0201.